The number of carbonyl (C=O) groups is 1. The molecule has 0 spiro atoms. The van der Waals surface area contributed by atoms with Gasteiger partial charge in [-0.2, -0.15) is 0 Å². The maximum atomic E-state index is 12.4. The van der Waals surface area contributed by atoms with Crippen LogP contribution in [0.1, 0.15) is 19.4 Å². The van der Waals surface area contributed by atoms with Gasteiger partial charge in [-0.3, -0.25) is 4.79 Å². The van der Waals surface area contributed by atoms with E-state index in [1.165, 1.54) is 0 Å². The summed E-state index contributed by atoms with van der Waals surface area (Å²) >= 11 is 0. The fraction of sp³-hybridized carbons (Fsp3) is 0.357. The number of carbonyl (C=O) groups excluding carboxylic acids is 1. The van der Waals surface area contributed by atoms with Gasteiger partial charge in [0.05, 0.1) is 5.41 Å². The highest BCUT2D eigenvalue weighted by molar-refractivity contribution is 6.07. The summed E-state index contributed by atoms with van der Waals surface area (Å²) in [5.41, 5.74) is 8.02. The van der Waals surface area contributed by atoms with Gasteiger partial charge in [0.1, 0.15) is 0 Å². The van der Waals surface area contributed by atoms with E-state index in [4.69, 9.17) is 5.73 Å². The number of fused-ring (bicyclic) bond motifs is 1. The number of hydrogen-bond acceptors (Lipinski definition) is 2. The fourth-order valence-corrected chi connectivity index (χ4v) is 2.24. The Morgan fingerprint density at radius 2 is 2.06 bits per heavy atom. The van der Waals surface area contributed by atoms with Crippen molar-refractivity contribution in [3.63, 3.8) is 0 Å². The summed E-state index contributed by atoms with van der Waals surface area (Å²) < 4.78 is 0. The second-order valence-electron chi connectivity index (χ2n) is 4.99. The number of benzene rings is 1. The van der Waals surface area contributed by atoms with Crippen LogP contribution in [-0.2, 0) is 10.2 Å². The third-order valence-corrected chi connectivity index (χ3v) is 3.32. The van der Waals surface area contributed by atoms with E-state index in [2.05, 4.69) is 6.58 Å². The van der Waals surface area contributed by atoms with E-state index in [9.17, 15) is 4.79 Å². The van der Waals surface area contributed by atoms with Crippen molar-refractivity contribution in [1.82, 2.24) is 0 Å². The molecule has 1 aromatic carbocycles. The lowest BCUT2D eigenvalue weighted by atomic mass is 9.86. The van der Waals surface area contributed by atoms with Crippen molar-refractivity contribution in [2.45, 2.75) is 19.3 Å². The molecule has 1 aliphatic heterocycles. The van der Waals surface area contributed by atoms with Gasteiger partial charge in [0.25, 0.3) is 0 Å². The van der Waals surface area contributed by atoms with Gasteiger partial charge in [-0.25, -0.2) is 0 Å². The van der Waals surface area contributed by atoms with Crippen molar-refractivity contribution in [2.75, 3.05) is 18.0 Å². The Morgan fingerprint density at radius 1 is 1.41 bits per heavy atom. The van der Waals surface area contributed by atoms with Crippen LogP contribution in [0.15, 0.2) is 36.4 Å². The molecule has 0 fully saturated rings. The molecule has 0 saturated heterocycles. The molecule has 1 amide bonds. The summed E-state index contributed by atoms with van der Waals surface area (Å²) in [6.45, 7) is 8.71. The third-order valence-electron chi connectivity index (χ3n) is 3.32. The first kappa shape index (κ1) is 11.9. The van der Waals surface area contributed by atoms with E-state index in [0.29, 0.717) is 13.1 Å². The van der Waals surface area contributed by atoms with Crippen LogP contribution in [0.4, 0.5) is 5.69 Å². The van der Waals surface area contributed by atoms with Gasteiger partial charge in [0, 0.05) is 18.8 Å². The SMILES string of the molecule is C=C(CN)CN1C(=O)C(C)(C)c2ccccc21. The number of hydrogen-bond donors (Lipinski definition) is 1. The maximum Gasteiger partial charge on any atom is 0.237 e. The molecule has 2 N–H and O–H groups in total. The van der Waals surface area contributed by atoms with Crippen LogP contribution in [-0.4, -0.2) is 19.0 Å². The molecule has 0 saturated carbocycles. The van der Waals surface area contributed by atoms with Crippen LogP contribution in [0.3, 0.4) is 0 Å². The van der Waals surface area contributed by atoms with Gasteiger partial charge in [-0.15, -0.1) is 0 Å². The van der Waals surface area contributed by atoms with Crippen molar-refractivity contribution >= 4 is 11.6 Å². The highest BCUT2D eigenvalue weighted by atomic mass is 16.2. The molecule has 90 valence electrons. The number of nitrogens with two attached hydrogens (primary N) is 1. The number of anilines is 1. The van der Waals surface area contributed by atoms with Crippen LogP contribution in [0.25, 0.3) is 0 Å². The lowest BCUT2D eigenvalue weighted by Gasteiger charge is -2.21. The van der Waals surface area contributed by atoms with Crippen molar-refractivity contribution in [2.24, 2.45) is 5.73 Å². The summed E-state index contributed by atoms with van der Waals surface area (Å²) in [6.07, 6.45) is 0. The van der Waals surface area contributed by atoms with Crippen LogP contribution in [0.2, 0.25) is 0 Å². The fourth-order valence-electron chi connectivity index (χ4n) is 2.24. The van der Waals surface area contributed by atoms with Gasteiger partial charge in [-0.1, -0.05) is 24.8 Å². The van der Waals surface area contributed by atoms with Gasteiger partial charge in [-0.05, 0) is 31.1 Å². The molecule has 0 atom stereocenters. The van der Waals surface area contributed by atoms with Crippen molar-refractivity contribution in [1.29, 1.82) is 0 Å². The average molecular weight is 230 g/mol. The molecule has 3 nitrogen and oxygen atoms in total. The molecule has 1 aliphatic rings. The van der Waals surface area contributed by atoms with Crippen LogP contribution in [0.5, 0.6) is 0 Å². The minimum absolute atomic E-state index is 0.119. The molecule has 0 unspecified atom stereocenters. The predicted molar refractivity (Wildman–Crippen MR) is 70.0 cm³/mol. The molecule has 17 heavy (non-hydrogen) atoms. The lowest BCUT2D eigenvalue weighted by molar-refractivity contribution is -0.122. The largest absolute Gasteiger partial charge is 0.327 e. The van der Waals surface area contributed by atoms with Crippen molar-refractivity contribution < 1.29 is 4.79 Å². The van der Waals surface area contributed by atoms with Gasteiger partial charge in [0.15, 0.2) is 0 Å². The summed E-state index contributed by atoms with van der Waals surface area (Å²) in [4.78, 5) is 14.2. The third kappa shape index (κ3) is 1.76. The summed E-state index contributed by atoms with van der Waals surface area (Å²) in [6, 6.07) is 7.91. The first-order valence-corrected chi connectivity index (χ1v) is 5.76. The minimum Gasteiger partial charge on any atom is -0.327 e. The highest BCUT2D eigenvalue weighted by Gasteiger charge is 2.43. The predicted octanol–water partition coefficient (Wildman–Crippen LogP) is 1.83. The molecule has 0 aliphatic carbocycles. The maximum absolute atomic E-state index is 12.4. The molecule has 3 heteroatoms. The number of amides is 1. The quantitative estimate of drug-likeness (QED) is 0.805. The minimum atomic E-state index is -0.453. The Morgan fingerprint density at radius 3 is 2.71 bits per heavy atom. The summed E-state index contributed by atoms with van der Waals surface area (Å²) in [5.74, 6) is 0.119. The smallest absolute Gasteiger partial charge is 0.237 e. The van der Waals surface area contributed by atoms with Crippen molar-refractivity contribution in [3.8, 4) is 0 Å². The molecular weight excluding hydrogens is 212 g/mol. The molecule has 0 bridgehead atoms. The first-order valence-electron chi connectivity index (χ1n) is 5.76. The van der Waals surface area contributed by atoms with E-state index < -0.39 is 5.41 Å². The van der Waals surface area contributed by atoms with Gasteiger partial charge >= 0.3 is 0 Å². The molecule has 0 aromatic heterocycles. The number of rotatable bonds is 3. The van der Waals surface area contributed by atoms with Crippen LogP contribution in [0, 0.1) is 0 Å². The number of nitrogens with zero attached hydrogens (tertiary/aromatic N) is 1. The Kier molecular flexibility index (Phi) is 2.79. The summed E-state index contributed by atoms with van der Waals surface area (Å²) in [5, 5.41) is 0. The van der Waals surface area contributed by atoms with Crippen molar-refractivity contribution in [3.05, 3.63) is 42.0 Å². The van der Waals surface area contributed by atoms with E-state index >= 15 is 0 Å². The molecular formula is C14H18N2O. The Bertz CT molecular complexity index is 477. The summed E-state index contributed by atoms with van der Waals surface area (Å²) in [7, 11) is 0. The van der Waals surface area contributed by atoms with E-state index in [1.807, 2.05) is 38.1 Å². The monoisotopic (exact) mass is 230 g/mol. The highest BCUT2D eigenvalue weighted by Crippen LogP contribution is 2.41. The first-order chi connectivity index (χ1) is 7.98. The normalized spacial score (nSPS) is 17.1. The van der Waals surface area contributed by atoms with Crippen LogP contribution >= 0.6 is 0 Å². The average Bonchev–Trinajstić information content (AvgIpc) is 2.51. The standard InChI is InChI=1S/C14H18N2O/c1-10(8-15)9-16-12-7-5-4-6-11(12)14(2,3)13(16)17/h4-7H,1,8-9,15H2,2-3H3. The molecule has 2 rings (SSSR count). The molecule has 1 aromatic rings. The lowest BCUT2D eigenvalue weighted by Crippen LogP contribution is -2.37. The van der Waals surface area contributed by atoms with E-state index in [0.717, 1.165) is 16.8 Å². The Hall–Kier alpha value is -1.61. The van der Waals surface area contributed by atoms with Gasteiger partial charge < -0.3 is 10.6 Å². The molecule has 1 heterocycles. The number of para-hydroxylation sites is 1. The van der Waals surface area contributed by atoms with E-state index in [1.54, 1.807) is 4.90 Å². The zero-order valence-electron chi connectivity index (χ0n) is 10.4. The zero-order chi connectivity index (χ0) is 12.6. The second-order valence-corrected chi connectivity index (χ2v) is 4.99. The Labute approximate surface area is 102 Å². The zero-order valence-corrected chi connectivity index (χ0v) is 10.4. The Balaban J connectivity index is 2.43. The second kappa shape index (κ2) is 4.00. The molecule has 0 radical (unpaired) electrons. The van der Waals surface area contributed by atoms with Crippen LogP contribution < -0.4 is 10.6 Å². The van der Waals surface area contributed by atoms with Gasteiger partial charge in [0.2, 0.25) is 5.91 Å². The van der Waals surface area contributed by atoms with E-state index in [-0.39, 0.29) is 5.91 Å². The topological polar surface area (TPSA) is 46.3 Å².